The van der Waals surface area contributed by atoms with E-state index in [-0.39, 0.29) is 0 Å². The van der Waals surface area contributed by atoms with Crippen LogP contribution in [0, 0.1) is 0 Å². The summed E-state index contributed by atoms with van der Waals surface area (Å²) in [6.07, 6.45) is -0.451. The van der Waals surface area contributed by atoms with E-state index in [0.717, 1.165) is 12.3 Å². The van der Waals surface area contributed by atoms with Crippen molar-refractivity contribution in [3.8, 4) is 0 Å². The van der Waals surface area contributed by atoms with Crippen LogP contribution in [0.4, 0.5) is 4.79 Å². The van der Waals surface area contributed by atoms with Crippen molar-refractivity contribution in [2.24, 2.45) is 4.99 Å². The summed E-state index contributed by atoms with van der Waals surface area (Å²) in [7, 11) is 1.33. The molecule has 0 aromatic carbocycles. The van der Waals surface area contributed by atoms with Crippen molar-refractivity contribution in [3.05, 3.63) is 0 Å². The zero-order chi connectivity index (χ0) is 7.40. The molecule has 0 atom stereocenters. The van der Waals surface area contributed by atoms with Gasteiger partial charge in [0.1, 0.15) is 0 Å². The molecule has 1 heterocycles. The number of methoxy groups -OCH3 is 1. The lowest BCUT2D eigenvalue weighted by Gasteiger charge is -1.99. The molecule has 0 saturated heterocycles. The summed E-state index contributed by atoms with van der Waals surface area (Å²) in [5, 5.41) is 3.14. The fourth-order valence-electron chi connectivity index (χ4n) is 0.549. The van der Waals surface area contributed by atoms with Gasteiger partial charge in [0.25, 0.3) is 0 Å². The molecule has 1 N–H and O–H groups in total. The fourth-order valence-corrected chi connectivity index (χ4v) is 1.26. The van der Waals surface area contributed by atoms with E-state index < -0.39 is 6.09 Å². The van der Waals surface area contributed by atoms with Gasteiger partial charge in [-0.05, 0) is 0 Å². The molecular formula is C5H8N2O2S. The first-order valence-electron chi connectivity index (χ1n) is 2.85. The lowest BCUT2D eigenvalue weighted by Crippen LogP contribution is -2.26. The van der Waals surface area contributed by atoms with Crippen molar-refractivity contribution in [2.75, 3.05) is 19.4 Å². The second-order valence-corrected chi connectivity index (χ2v) is 2.74. The highest BCUT2D eigenvalue weighted by atomic mass is 32.2. The minimum Gasteiger partial charge on any atom is -0.453 e. The smallest absolute Gasteiger partial charge is 0.412 e. The second-order valence-electron chi connectivity index (χ2n) is 1.65. The summed E-state index contributed by atoms with van der Waals surface area (Å²) >= 11 is 1.52. The molecule has 1 amide bonds. The average molecular weight is 160 g/mol. The Bertz CT molecular complexity index is 169. The first-order chi connectivity index (χ1) is 4.83. The molecule has 0 unspecified atom stereocenters. The third-order valence-corrected chi connectivity index (χ3v) is 1.87. The van der Waals surface area contributed by atoms with E-state index in [1.807, 2.05) is 0 Å². The first-order valence-corrected chi connectivity index (χ1v) is 3.83. The van der Waals surface area contributed by atoms with Crippen LogP contribution in [0.3, 0.4) is 0 Å². The Labute approximate surface area is 63.0 Å². The third-order valence-electron chi connectivity index (χ3n) is 0.980. The van der Waals surface area contributed by atoms with E-state index >= 15 is 0 Å². The van der Waals surface area contributed by atoms with Gasteiger partial charge >= 0.3 is 6.09 Å². The number of alkyl carbamates (subject to hydrolysis) is 1. The number of amidine groups is 1. The molecule has 5 heteroatoms. The molecule has 0 bridgehead atoms. The molecule has 10 heavy (non-hydrogen) atoms. The highest BCUT2D eigenvalue weighted by Crippen LogP contribution is 2.08. The van der Waals surface area contributed by atoms with Gasteiger partial charge in [0.15, 0.2) is 5.17 Å². The number of ether oxygens (including phenoxy) is 1. The lowest BCUT2D eigenvalue weighted by molar-refractivity contribution is 0.177. The third kappa shape index (κ3) is 1.91. The van der Waals surface area contributed by atoms with Gasteiger partial charge in [-0.2, -0.15) is 0 Å². The Kier molecular flexibility index (Phi) is 2.56. The number of carbonyl (C=O) groups is 1. The van der Waals surface area contributed by atoms with E-state index in [1.165, 1.54) is 18.9 Å². The van der Waals surface area contributed by atoms with E-state index in [0.29, 0.717) is 5.17 Å². The zero-order valence-electron chi connectivity index (χ0n) is 5.59. The number of hydrogen-bond acceptors (Lipinski definition) is 4. The SMILES string of the molecule is COC(=O)NC1=NCCS1. The van der Waals surface area contributed by atoms with Gasteiger partial charge in [0, 0.05) is 5.75 Å². The van der Waals surface area contributed by atoms with Crippen molar-refractivity contribution >= 4 is 23.0 Å². The van der Waals surface area contributed by atoms with Gasteiger partial charge in [-0.25, -0.2) is 4.79 Å². The van der Waals surface area contributed by atoms with Crippen LogP contribution in [-0.2, 0) is 4.74 Å². The molecule has 0 aromatic rings. The molecule has 0 radical (unpaired) electrons. The van der Waals surface area contributed by atoms with Crippen LogP contribution in [0.15, 0.2) is 4.99 Å². The Morgan fingerprint density at radius 1 is 1.90 bits per heavy atom. The van der Waals surface area contributed by atoms with Gasteiger partial charge < -0.3 is 4.74 Å². The number of aliphatic imine (C=N–C) groups is 1. The van der Waals surface area contributed by atoms with Crippen molar-refractivity contribution in [2.45, 2.75) is 0 Å². The van der Waals surface area contributed by atoms with Crippen LogP contribution in [0.2, 0.25) is 0 Å². The summed E-state index contributed by atoms with van der Waals surface area (Å²) < 4.78 is 4.37. The number of amides is 1. The van der Waals surface area contributed by atoms with E-state index in [9.17, 15) is 4.79 Å². The predicted molar refractivity (Wildman–Crippen MR) is 40.3 cm³/mol. The largest absolute Gasteiger partial charge is 0.453 e. The minimum absolute atomic E-state index is 0.451. The average Bonchev–Trinajstić information content (AvgIpc) is 2.40. The number of carbonyl (C=O) groups excluding carboxylic acids is 1. The Morgan fingerprint density at radius 3 is 3.20 bits per heavy atom. The number of nitrogens with one attached hydrogen (secondary N) is 1. The summed E-state index contributed by atoms with van der Waals surface area (Å²) in [6, 6.07) is 0. The molecule has 0 spiro atoms. The number of rotatable bonds is 0. The molecule has 56 valence electrons. The maximum absolute atomic E-state index is 10.5. The summed E-state index contributed by atoms with van der Waals surface area (Å²) in [5.74, 6) is 0.944. The Hall–Kier alpha value is -0.710. The first kappa shape index (κ1) is 7.40. The van der Waals surface area contributed by atoms with E-state index in [2.05, 4.69) is 15.0 Å². The van der Waals surface area contributed by atoms with Gasteiger partial charge in [0.05, 0.1) is 13.7 Å². The molecule has 1 rings (SSSR count). The maximum atomic E-state index is 10.5. The highest BCUT2D eigenvalue weighted by Gasteiger charge is 2.09. The van der Waals surface area contributed by atoms with Crippen LogP contribution >= 0.6 is 11.8 Å². The Balaban J connectivity index is 2.30. The molecule has 1 aliphatic rings. The Morgan fingerprint density at radius 2 is 2.70 bits per heavy atom. The van der Waals surface area contributed by atoms with Crippen molar-refractivity contribution < 1.29 is 9.53 Å². The topological polar surface area (TPSA) is 50.7 Å². The molecule has 4 nitrogen and oxygen atoms in total. The number of hydrogen-bond donors (Lipinski definition) is 1. The normalized spacial score (nSPS) is 16.3. The van der Waals surface area contributed by atoms with Crippen LogP contribution in [0.25, 0.3) is 0 Å². The van der Waals surface area contributed by atoms with Gasteiger partial charge in [0.2, 0.25) is 0 Å². The monoisotopic (exact) mass is 160 g/mol. The quantitative estimate of drug-likeness (QED) is 0.559. The van der Waals surface area contributed by atoms with Crippen molar-refractivity contribution in [3.63, 3.8) is 0 Å². The molecule has 0 aliphatic carbocycles. The second kappa shape index (κ2) is 3.46. The van der Waals surface area contributed by atoms with Gasteiger partial charge in [-0.1, -0.05) is 11.8 Å². The molecular weight excluding hydrogens is 152 g/mol. The van der Waals surface area contributed by atoms with Crippen LogP contribution in [-0.4, -0.2) is 30.7 Å². The lowest BCUT2D eigenvalue weighted by atomic mass is 10.8. The van der Waals surface area contributed by atoms with Crippen molar-refractivity contribution in [1.82, 2.24) is 5.32 Å². The van der Waals surface area contributed by atoms with Crippen LogP contribution in [0.1, 0.15) is 0 Å². The van der Waals surface area contributed by atoms with Crippen LogP contribution < -0.4 is 5.32 Å². The summed E-state index contributed by atoms with van der Waals surface area (Å²) in [5.41, 5.74) is 0. The maximum Gasteiger partial charge on any atom is 0.412 e. The molecule has 0 fully saturated rings. The summed E-state index contributed by atoms with van der Waals surface area (Å²) in [4.78, 5) is 14.5. The highest BCUT2D eigenvalue weighted by molar-refractivity contribution is 8.14. The standard InChI is InChI=1S/C5H8N2O2S/c1-9-5(8)7-4-6-2-3-10-4/h2-3H2,1H3,(H,6,7,8). The van der Waals surface area contributed by atoms with Gasteiger partial charge in [-0.3, -0.25) is 10.3 Å². The van der Waals surface area contributed by atoms with Crippen LogP contribution in [0.5, 0.6) is 0 Å². The van der Waals surface area contributed by atoms with E-state index in [4.69, 9.17) is 0 Å². The zero-order valence-corrected chi connectivity index (χ0v) is 6.40. The number of thioether (sulfide) groups is 1. The predicted octanol–water partition coefficient (Wildman–Crippen LogP) is 0.445. The van der Waals surface area contributed by atoms with Crippen molar-refractivity contribution in [1.29, 1.82) is 0 Å². The number of nitrogens with zero attached hydrogens (tertiary/aromatic N) is 1. The molecule has 1 aliphatic heterocycles. The molecule has 0 saturated carbocycles. The van der Waals surface area contributed by atoms with E-state index in [1.54, 1.807) is 0 Å². The summed E-state index contributed by atoms with van der Waals surface area (Å²) in [6.45, 7) is 0.782. The molecule has 0 aromatic heterocycles. The minimum atomic E-state index is -0.451. The fraction of sp³-hybridized carbons (Fsp3) is 0.600. The van der Waals surface area contributed by atoms with Gasteiger partial charge in [-0.15, -0.1) is 0 Å².